The molecule has 1 atom stereocenters. The number of anilines is 1. The van der Waals surface area contributed by atoms with Crippen molar-refractivity contribution in [3.05, 3.63) is 50.7 Å². The molecule has 0 spiro atoms. The van der Waals surface area contributed by atoms with Crippen molar-refractivity contribution in [3.63, 3.8) is 0 Å². The Morgan fingerprint density at radius 2 is 1.84 bits per heavy atom. The van der Waals surface area contributed by atoms with Gasteiger partial charge < -0.3 is 9.47 Å². The van der Waals surface area contributed by atoms with E-state index in [1.165, 1.54) is 6.07 Å². The van der Waals surface area contributed by atoms with Crippen LogP contribution in [0.1, 0.15) is 65.4 Å². The molecule has 1 saturated heterocycles. The highest BCUT2D eigenvalue weighted by molar-refractivity contribution is 5.41. The van der Waals surface area contributed by atoms with E-state index in [1.54, 1.807) is 10.8 Å². The Kier molecular flexibility index (Phi) is 7.87. The lowest BCUT2D eigenvalue weighted by molar-refractivity contribution is 0.184. The Hall–Kier alpha value is -2.48. The summed E-state index contributed by atoms with van der Waals surface area (Å²) in [5.41, 5.74) is 0.386. The molecule has 32 heavy (non-hydrogen) atoms. The van der Waals surface area contributed by atoms with E-state index in [4.69, 9.17) is 9.97 Å². The molecule has 0 saturated carbocycles. The first-order valence-electron chi connectivity index (χ1n) is 11.8. The summed E-state index contributed by atoms with van der Waals surface area (Å²) in [7, 11) is 0. The smallest absolute Gasteiger partial charge is 0.328 e. The summed E-state index contributed by atoms with van der Waals surface area (Å²) in [6.45, 7) is 15.5. The SMILES string of the molecule is CCCc1cc(N2CCN(C(C)CCCn3ccc(=O)[nH]c3=O)CC2)nc(C(C)(C)C)n1. The quantitative estimate of drug-likeness (QED) is 0.676. The molecule has 0 aliphatic carbocycles. The number of H-pyrrole nitrogens is 1. The molecule has 1 fully saturated rings. The van der Waals surface area contributed by atoms with E-state index in [1.807, 2.05) is 0 Å². The first-order valence-corrected chi connectivity index (χ1v) is 11.8. The van der Waals surface area contributed by atoms with E-state index in [-0.39, 0.29) is 16.7 Å². The molecular weight excluding hydrogens is 404 g/mol. The van der Waals surface area contributed by atoms with Crippen LogP contribution in [0.3, 0.4) is 0 Å². The summed E-state index contributed by atoms with van der Waals surface area (Å²) in [5, 5.41) is 0. The van der Waals surface area contributed by atoms with Crippen molar-refractivity contribution >= 4 is 5.82 Å². The minimum atomic E-state index is -0.349. The predicted molar refractivity (Wildman–Crippen MR) is 129 cm³/mol. The molecule has 1 unspecified atom stereocenters. The highest BCUT2D eigenvalue weighted by Crippen LogP contribution is 2.24. The molecule has 3 rings (SSSR count). The Morgan fingerprint density at radius 3 is 2.47 bits per heavy atom. The van der Waals surface area contributed by atoms with Crippen LogP contribution in [-0.2, 0) is 18.4 Å². The Morgan fingerprint density at radius 1 is 1.12 bits per heavy atom. The van der Waals surface area contributed by atoms with E-state index >= 15 is 0 Å². The molecule has 3 heterocycles. The fraction of sp³-hybridized carbons (Fsp3) is 0.667. The predicted octanol–water partition coefficient (Wildman–Crippen LogP) is 2.57. The molecule has 0 aromatic carbocycles. The van der Waals surface area contributed by atoms with Crippen molar-refractivity contribution in [2.75, 3.05) is 31.1 Å². The zero-order chi connectivity index (χ0) is 23.3. The molecule has 0 radical (unpaired) electrons. The van der Waals surface area contributed by atoms with Gasteiger partial charge in [0, 0.05) is 68.2 Å². The number of rotatable bonds is 8. The molecule has 176 valence electrons. The van der Waals surface area contributed by atoms with Crippen molar-refractivity contribution in [2.45, 2.75) is 78.3 Å². The summed E-state index contributed by atoms with van der Waals surface area (Å²) < 4.78 is 1.57. The Balaban J connectivity index is 1.55. The number of aromatic nitrogens is 4. The summed E-state index contributed by atoms with van der Waals surface area (Å²) in [5.74, 6) is 1.98. The van der Waals surface area contributed by atoms with Crippen LogP contribution in [0.5, 0.6) is 0 Å². The van der Waals surface area contributed by atoms with Crippen molar-refractivity contribution in [2.24, 2.45) is 0 Å². The van der Waals surface area contributed by atoms with Crippen molar-refractivity contribution < 1.29 is 0 Å². The number of nitrogens with one attached hydrogen (secondary N) is 1. The average Bonchev–Trinajstić information content (AvgIpc) is 2.75. The third-order valence-electron chi connectivity index (χ3n) is 6.12. The molecule has 1 aliphatic heterocycles. The van der Waals surface area contributed by atoms with Crippen LogP contribution < -0.4 is 16.1 Å². The third-order valence-corrected chi connectivity index (χ3v) is 6.12. The van der Waals surface area contributed by atoms with Gasteiger partial charge in [0.05, 0.1) is 0 Å². The standard InChI is InChI=1S/C24H38N6O2/c1-6-8-19-17-20(26-22(25-19)24(3,4)5)29-15-13-28(14-16-29)18(2)9-7-11-30-12-10-21(31)27-23(30)32/h10,12,17-18H,6-9,11,13-16H2,1-5H3,(H,27,31,32). The lowest BCUT2D eigenvalue weighted by Crippen LogP contribution is -2.50. The van der Waals surface area contributed by atoms with Crippen LogP contribution in [0.15, 0.2) is 27.9 Å². The monoisotopic (exact) mass is 442 g/mol. The first kappa shape index (κ1) is 24.2. The van der Waals surface area contributed by atoms with E-state index in [0.29, 0.717) is 12.6 Å². The highest BCUT2D eigenvalue weighted by Gasteiger charge is 2.24. The summed E-state index contributed by atoms with van der Waals surface area (Å²) >= 11 is 0. The fourth-order valence-electron chi connectivity index (χ4n) is 4.12. The average molecular weight is 443 g/mol. The second-order valence-corrected chi connectivity index (χ2v) is 9.86. The van der Waals surface area contributed by atoms with Gasteiger partial charge in [-0.2, -0.15) is 0 Å². The van der Waals surface area contributed by atoms with Gasteiger partial charge in [-0.05, 0) is 26.2 Å². The van der Waals surface area contributed by atoms with E-state index in [0.717, 1.165) is 69.2 Å². The van der Waals surface area contributed by atoms with Gasteiger partial charge in [-0.1, -0.05) is 34.1 Å². The molecule has 8 heteroatoms. The highest BCUT2D eigenvalue weighted by atomic mass is 16.2. The zero-order valence-electron chi connectivity index (χ0n) is 20.2. The maximum Gasteiger partial charge on any atom is 0.328 e. The maximum absolute atomic E-state index is 11.8. The number of hydrogen-bond acceptors (Lipinski definition) is 6. The van der Waals surface area contributed by atoms with Crippen LogP contribution in [-0.4, -0.2) is 56.6 Å². The first-order chi connectivity index (χ1) is 15.2. The van der Waals surface area contributed by atoms with Crippen LogP contribution in [0.4, 0.5) is 5.82 Å². The van der Waals surface area contributed by atoms with Gasteiger partial charge in [-0.3, -0.25) is 14.7 Å². The normalized spacial score (nSPS) is 16.3. The topological polar surface area (TPSA) is 87.1 Å². The van der Waals surface area contributed by atoms with Crippen LogP contribution in [0, 0.1) is 0 Å². The molecule has 0 amide bonds. The Bertz CT molecular complexity index is 999. The molecule has 8 nitrogen and oxygen atoms in total. The van der Waals surface area contributed by atoms with Crippen LogP contribution in [0.25, 0.3) is 0 Å². The molecular formula is C24H38N6O2. The number of nitrogens with zero attached hydrogens (tertiary/aromatic N) is 5. The third kappa shape index (κ3) is 6.28. The molecule has 1 aliphatic rings. The molecule has 0 bridgehead atoms. The van der Waals surface area contributed by atoms with Crippen LogP contribution >= 0.6 is 0 Å². The number of hydrogen-bond donors (Lipinski definition) is 1. The lowest BCUT2D eigenvalue weighted by atomic mass is 9.95. The van der Waals surface area contributed by atoms with Gasteiger partial charge in [0.15, 0.2) is 0 Å². The van der Waals surface area contributed by atoms with Gasteiger partial charge in [-0.15, -0.1) is 0 Å². The maximum atomic E-state index is 11.8. The van der Waals surface area contributed by atoms with Crippen LogP contribution in [0.2, 0.25) is 0 Å². The zero-order valence-corrected chi connectivity index (χ0v) is 20.2. The van der Waals surface area contributed by atoms with Crippen molar-refractivity contribution in [3.8, 4) is 0 Å². The Labute approximate surface area is 190 Å². The van der Waals surface area contributed by atoms with E-state index in [2.05, 4.69) is 55.5 Å². The van der Waals surface area contributed by atoms with Gasteiger partial charge in [0.25, 0.3) is 5.56 Å². The van der Waals surface area contributed by atoms with Gasteiger partial charge in [0.2, 0.25) is 0 Å². The number of aromatic amines is 1. The summed E-state index contributed by atoms with van der Waals surface area (Å²) in [4.78, 5) is 40.0. The van der Waals surface area contributed by atoms with Gasteiger partial charge >= 0.3 is 5.69 Å². The van der Waals surface area contributed by atoms with Crippen molar-refractivity contribution in [1.82, 2.24) is 24.4 Å². The van der Waals surface area contributed by atoms with E-state index < -0.39 is 0 Å². The second-order valence-electron chi connectivity index (χ2n) is 9.86. The molecule has 2 aromatic heterocycles. The minimum Gasteiger partial charge on any atom is -0.354 e. The van der Waals surface area contributed by atoms with Gasteiger partial charge in [0.1, 0.15) is 11.6 Å². The summed E-state index contributed by atoms with van der Waals surface area (Å²) in [6.07, 6.45) is 5.54. The van der Waals surface area contributed by atoms with Crippen molar-refractivity contribution in [1.29, 1.82) is 0 Å². The molecule has 2 aromatic rings. The largest absolute Gasteiger partial charge is 0.354 e. The summed E-state index contributed by atoms with van der Waals surface area (Å²) in [6, 6.07) is 4.01. The van der Waals surface area contributed by atoms with Gasteiger partial charge in [-0.25, -0.2) is 14.8 Å². The fourth-order valence-corrected chi connectivity index (χ4v) is 4.12. The van der Waals surface area contributed by atoms with E-state index in [9.17, 15) is 9.59 Å². The minimum absolute atomic E-state index is 0.0669. The second kappa shape index (κ2) is 10.4. The number of aryl methyl sites for hydroxylation is 2. The molecule has 1 N–H and O–H groups in total. The number of piperazine rings is 1. The lowest BCUT2D eigenvalue weighted by Gasteiger charge is -2.39.